The van der Waals surface area contributed by atoms with Crippen LogP contribution in [0, 0.1) is 23.7 Å². The molecule has 34 heavy (non-hydrogen) atoms. The van der Waals surface area contributed by atoms with Gasteiger partial charge in [0.15, 0.2) is 0 Å². The second-order valence-electron chi connectivity index (χ2n) is 10.2. The second kappa shape index (κ2) is 21.6. The molecule has 0 saturated carbocycles. The number of amides is 1. The molecule has 0 radical (unpaired) electrons. The van der Waals surface area contributed by atoms with Crippen molar-refractivity contribution >= 4 is 23.1 Å². The van der Waals surface area contributed by atoms with E-state index in [9.17, 15) is 9.59 Å². The average Bonchev–Trinajstić information content (AvgIpc) is 2.76. The molecule has 0 bridgehead atoms. The first-order valence-corrected chi connectivity index (χ1v) is 13.0. The third-order valence-electron chi connectivity index (χ3n) is 5.36. The Hall–Kier alpha value is -1.92. The van der Waals surface area contributed by atoms with Gasteiger partial charge in [0.2, 0.25) is 5.91 Å². The van der Waals surface area contributed by atoms with Crippen LogP contribution in [0.15, 0.2) is 10.3 Å². The van der Waals surface area contributed by atoms with Crippen molar-refractivity contribution < 1.29 is 19.3 Å². The van der Waals surface area contributed by atoms with Gasteiger partial charge in [-0.15, -0.1) is 0 Å². The Bertz CT molecular complexity index is 597. The van der Waals surface area contributed by atoms with Crippen LogP contribution >= 0.6 is 0 Å². The first kappa shape index (κ1) is 34.2. The Kier molecular flexibility index (Phi) is 21.8. The minimum Gasteiger partial charge on any atom is -0.396 e. The van der Waals surface area contributed by atoms with Crippen molar-refractivity contribution in [1.82, 2.24) is 5.32 Å². The lowest BCUT2D eigenvalue weighted by Crippen LogP contribution is -2.26. The van der Waals surface area contributed by atoms with Gasteiger partial charge in [0.25, 0.3) is 0 Å². The number of hydrogen-bond donors (Lipinski definition) is 1. The fourth-order valence-electron chi connectivity index (χ4n) is 2.18. The predicted molar refractivity (Wildman–Crippen MR) is 143 cm³/mol. The number of hydrogen-bond acceptors (Lipinski definition) is 6. The normalized spacial score (nSPS) is 12.2. The number of Topliss-reactive ketones (excluding diaryl/α,β-unsaturated/α-hetero) is 1. The molecular formula is C27H53N3O4. The van der Waals surface area contributed by atoms with E-state index in [-0.39, 0.29) is 11.8 Å². The van der Waals surface area contributed by atoms with Crippen molar-refractivity contribution in [3.05, 3.63) is 0 Å². The number of carbonyl (C=O) groups excluding carboxylic acids is 2. The van der Waals surface area contributed by atoms with Crippen molar-refractivity contribution in [1.29, 1.82) is 0 Å². The molecule has 0 spiro atoms. The first-order chi connectivity index (χ1) is 15.9. The van der Waals surface area contributed by atoms with Gasteiger partial charge in [-0.25, -0.2) is 0 Å². The zero-order chi connectivity index (χ0) is 26.5. The van der Waals surface area contributed by atoms with E-state index in [0.29, 0.717) is 56.1 Å². The molecule has 7 nitrogen and oxygen atoms in total. The van der Waals surface area contributed by atoms with Crippen LogP contribution in [0.1, 0.15) is 108 Å². The highest BCUT2D eigenvalue weighted by Crippen LogP contribution is 2.06. The quantitative estimate of drug-likeness (QED) is 0.147. The summed E-state index contributed by atoms with van der Waals surface area (Å²) in [5.41, 5.74) is 2.00. The van der Waals surface area contributed by atoms with E-state index >= 15 is 0 Å². The van der Waals surface area contributed by atoms with Crippen molar-refractivity contribution in [2.24, 2.45) is 34.0 Å². The number of ketones is 1. The molecule has 0 aliphatic heterocycles. The topological polar surface area (TPSA) is 89.3 Å². The second-order valence-corrected chi connectivity index (χ2v) is 10.2. The van der Waals surface area contributed by atoms with E-state index in [4.69, 9.17) is 9.68 Å². The minimum absolute atomic E-state index is 0.0897. The zero-order valence-corrected chi connectivity index (χ0v) is 23.7. The smallest absolute Gasteiger partial charge is 0.220 e. The van der Waals surface area contributed by atoms with Crippen molar-refractivity contribution in [3.63, 3.8) is 0 Å². The summed E-state index contributed by atoms with van der Waals surface area (Å²) in [5, 5.41) is 10.8. The summed E-state index contributed by atoms with van der Waals surface area (Å²) in [6, 6.07) is 0. The molecule has 0 aliphatic carbocycles. The van der Waals surface area contributed by atoms with Crippen molar-refractivity contribution in [2.45, 2.75) is 108 Å². The van der Waals surface area contributed by atoms with Gasteiger partial charge in [-0.1, -0.05) is 65.7 Å². The van der Waals surface area contributed by atoms with Crippen LogP contribution in [0.4, 0.5) is 0 Å². The number of rotatable bonds is 17. The Labute approximate surface area is 209 Å². The monoisotopic (exact) mass is 483 g/mol. The molecule has 0 aromatic carbocycles. The van der Waals surface area contributed by atoms with E-state index < -0.39 is 0 Å². The van der Waals surface area contributed by atoms with Crippen LogP contribution in [0.2, 0.25) is 0 Å². The summed E-state index contributed by atoms with van der Waals surface area (Å²) >= 11 is 0. The van der Waals surface area contributed by atoms with Crippen LogP contribution in [-0.2, 0) is 19.3 Å². The first-order valence-electron chi connectivity index (χ1n) is 13.0. The maximum atomic E-state index is 11.4. The van der Waals surface area contributed by atoms with Gasteiger partial charge in [0, 0.05) is 18.8 Å². The highest BCUT2D eigenvalue weighted by Gasteiger charge is 2.06. The third-order valence-corrected chi connectivity index (χ3v) is 5.36. The number of unbranched alkanes of at least 4 members (excludes halogenated alkanes) is 2. The van der Waals surface area contributed by atoms with Crippen molar-refractivity contribution in [2.75, 3.05) is 19.8 Å². The average molecular weight is 484 g/mol. The molecule has 0 aromatic rings. The maximum absolute atomic E-state index is 11.4. The molecule has 0 fully saturated rings. The molecule has 0 unspecified atom stereocenters. The number of nitrogens with zero attached hydrogens (tertiary/aromatic N) is 2. The summed E-state index contributed by atoms with van der Waals surface area (Å²) < 4.78 is 0. The van der Waals surface area contributed by atoms with Crippen LogP contribution < -0.4 is 5.32 Å². The number of nitrogens with one attached hydrogen (secondary N) is 1. The summed E-state index contributed by atoms with van der Waals surface area (Å²) in [7, 11) is 0. The molecule has 0 saturated heterocycles. The van der Waals surface area contributed by atoms with Crippen molar-refractivity contribution in [3.8, 4) is 0 Å². The summed E-state index contributed by atoms with van der Waals surface area (Å²) in [4.78, 5) is 33.0. The highest BCUT2D eigenvalue weighted by molar-refractivity contribution is 5.83. The van der Waals surface area contributed by atoms with E-state index in [2.05, 4.69) is 57.2 Å². The molecular weight excluding hydrogens is 430 g/mol. The van der Waals surface area contributed by atoms with Gasteiger partial charge in [0.05, 0.1) is 18.0 Å². The summed E-state index contributed by atoms with van der Waals surface area (Å²) in [6.45, 7) is 22.0. The van der Waals surface area contributed by atoms with Crippen LogP contribution in [0.25, 0.3) is 0 Å². The molecule has 0 aliphatic rings. The Morgan fingerprint density at radius 2 is 1.24 bits per heavy atom. The Balaban J connectivity index is 0. The summed E-state index contributed by atoms with van der Waals surface area (Å²) in [6.07, 6.45) is 5.19. The maximum Gasteiger partial charge on any atom is 0.220 e. The summed E-state index contributed by atoms with van der Waals surface area (Å²) in [5.74, 6) is 2.03. The fourth-order valence-corrected chi connectivity index (χ4v) is 2.18. The molecule has 1 amide bonds. The molecule has 0 atom stereocenters. The van der Waals surface area contributed by atoms with Crippen LogP contribution in [0.5, 0.6) is 0 Å². The van der Waals surface area contributed by atoms with E-state index in [1.807, 2.05) is 27.7 Å². The van der Waals surface area contributed by atoms with Crippen LogP contribution in [0.3, 0.4) is 0 Å². The standard InChI is InChI=1S/C14H27NO2.C13H26N2O2/c1-11(2)13(5)15-17-10-8-6-7-9-14(16)12(3)4;1-10(2)6-7-13(16)14-8-9-17-15-12(5)11(3)4/h11-12H,6-10H2,1-5H3;10-11H,6-9H2,1-5H3,(H,14,16)/b15-13+;15-12+. The molecule has 0 rings (SSSR count). The zero-order valence-electron chi connectivity index (χ0n) is 23.7. The number of carbonyl (C=O) groups is 2. The van der Waals surface area contributed by atoms with Gasteiger partial charge < -0.3 is 15.0 Å². The third kappa shape index (κ3) is 23.2. The molecule has 0 aromatic heterocycles. The SMILES string of the molecule is C/C(=N\OCCCCCC(=O)C(C)C)C(C)C.C/C(=N\OCCNC(=O)CCC(C)C)C(C)C. The van der Waals surface area contributed by atoms with Gasteiger partial charge in [-0.05, 0) is 57.3 Å². The van der Waals surface area contributed by atoms with Crippen LogP contribution in [-0.4, -0.2) is 42.9 Å². The predicted octanol–water partition coefficient (Wildman–Crippen LogP) is 6.41. The number of oxime groups is 2. The minimum atomic E-state index is 0.0897. The molecule has 0 heterocycles. The largest absolute Gasteiger partial charge is 0.396 e. The lowest BCUT2D eigenvalue weighted by molar-refractivity contribution is -0.122. The van der Waals surface area contributed by atoms with Gasteiger partial charge in [0.1, 0.15) is 19.0 Å². The van der Waals surface area contributed by atoms with Gasteiger partial charge >= 0.3 is 0 Å². The van der Waals surface area contributed by atoms with E-state index in [0.717, 1.165) is 37.1 Å². The lowest BCUT2D eigenvalue weighted by Gasteiger charge is -2.07. The highest BCUT2D eigenvalue weighted by atomic mass is 16.6. The molecule has 7 heteroatoms. The lowest BCUT2D eigenvalue weighted by atomic mass is 10.0. The Morgan fingerprint density at radius 3 is 1.71 bits per heavy atom. The molecule has 1 N–H and O–H groups in total. The molecule has 200 valence electrons. The van der Waals surface area contributed by atoms with E-state index in [1.54, 1.807) is 0 Å². The fraction of sp³-hybridized carbons (Fsp3) is 0.852. The van der Waals surface area contributed by atoms with Gasteiger partial charge in [-0.2, -0.15) is 0 Å². The van der Waals surface area contributed by atoms with E-state index in [1.165, 1.54) is 0 Å². The Morgan fingerprint density at radius 1 is 0.706 bits per heavy atom. The van der Waals surface area contributed by atoms with Gasteiger partial charge in [-0.3, -0.25) is 9.59 Å².